The van der Waals surface area contributed by atoms with E-state index in [0.717, 1.165) is 16.9 Å². The number of nitrogens with zero attached hydrogens (tertiary/aromatic N) is 4. The molecule has 0 aliphatic carbocycles. The summed E-state index contributed by atoms with van der Waals surface area (Å²) in [7, 11) is 1.74. The molecule has 0 aliphatic heterocycles. The molecule has 7 heteroatoms. The molecule has 130 valence electrons. The molecule has 6 nitrogen and oxygen atoms in total. The molecule has 1 atom stereocenters. The average molecular weight is 341 g/mol. The van der Waals surface area contributed by atoms with Gasteiger partial charge in [0, 0.05) is 6.04 Å². The van der Waals surface area contributed by atoms with E-state index in [-0.39, 0.29) is 11.9 Å². The third-order valence-corrected chi connectivity index (χ3v) is 3.81. The van der Waals surface area contributed by atoms with E-state index in [1.807, 2.05) is 24.3 Å². The summed E-state index contributed by atoms with van der Waals surface area (Å²) in [6.07, 6.45) is 0. The van der Waals surface area contributed by atoms with Gasteiger partial charge in [0.25, 0.3) is 0 Å². The van der Waals surface area contributed by atoms with Gasteiger partial charge >= 0.3 is 0 Å². The van der Waals surface area contributed by atoms with E-state index in [9.17, 15) is 4.39 Å². The molecule has 25 heavy (non-hydrogen) atoms. The van der Waals surface area contributed by atoms with Crippen molar-refractivity contribution in [1.29, 1.82) is 0 Å². The molecule has 0 bridgehead atoms. The molecule has 0 radical (unpaired) electrons. The molecule has 3 aromatic rings. The summed E-state index contributed by atoms with van der Waals surface area (Å²) in [5.41, 5.74) is 2.06. The van der Waals surface area contributed by atoms with Crippen molar-refractivity contribution in [1.82, 2.24) is 25.5 Å². The van der Waals surface area contributed by atoms with Crippen LogP contribution in [0.2, 0.25) is 0 Å². The maximum atomic E-state index is 12.9. The van der Waals surface area contributed by atoms with Crippen LogP contribution in [0.3, 0.4) is 0 Å². The Labute approximate surface area is 145 Å². The van der Waals surface area contributed by atoms with Gasteiger partial charge in [-0.3, -0.25) is 0 Å². The SMILES string of the molecule is C[C@@H](NCc1nnn(C)n1)c1ccc(OCc2ccc(F)cc2)cc1. The van der Waals surface area contributed by atoms with E-state index < -0.39 is 0 Å². The number of halogens is 1. The summed E-state index contributed by atoms with van der Waals surface area (Å²) in [4.78, 5) is 1.44. The Morgan fingerprint density at radius 1 is 1.12 bits per heavy atom. The zero-order valence-electron chi connectivity index (χ0n) is 14.2. The van der Waals surface area contributed by atoms with Crippen molar-refractivity contribution in [2.24, 2.45) is 7.05 Å². The van der Waals surface area contributed by atoms with Gasteiger partial charge in [0.1, 0.15) is 18.2 Å². The minimum absolute atomic E-state index is 0.148. The van der Waals surface area contributed by atoms with E-state index in [1.165, 1.54) is 16.9 Å². The molecule has 1 N–H and O–H groups in total. The Bertz CT molecular complexity index is 801. The van der Waals surface area contributed by atoms with Crippen LogP contribution in [0, 0.1) is 5.82 Å². The highest BCUT2D eigenvalue weighted by molar-refractivity contribution is 5.29. The summed E-state index contributed by atoms with van der Waals surface area (Å²) < 4.78 is 18.6. The molecule has 0 spiro atoms. The maximum Gasteiger partial charge on any atom is 0.188 e. The van der Waals surface area contributed by atoms with Crippen LogP contribution in [0.15, 0.2) is 48.5 Å². The first-order chi connectivity index (χ1) is 12.1. The fourth-order valence-corrected chi connectivity index (χ4v) is 2.36. The van der Waals surface area contributed by atoms with Gasteiger partial charge in [0.05, 0.1) is 13.6 Å². The third-order valence-electron chi connectivity index (χ3n) is 3.81. The number of aryl methyl sites for hydroxylation is 1. The lowest BCUT2D eigenvalue weighted by Crippen LogP contribution is -2.19. The summed E-state index contributed by atoms with van der Waals surface area (Å²) in [5.74, 6) is 1.19. The summed E-state index contributed by atoms with van der Waals surface area (Å²) in [5, 5.41) is 15.3. The molecule has 2 aromatic carbocycles. The van der Waals surface area contributed by atoms with Gasteiger partial charge in [-0.05, 0) is 47.5 Å². The zero-order chi connectivity index (χ0) is 17.6. The van der Waals surface area contributed by atoms with Crippen LogP contribution >= 0.6 is 0 Å². The highest BCUT2D eigenvalue weighted by Crippen LogP contribution is 2.19. The highest BCUT2D eigenvalue weighted by atomic mass is 19.1. The number of hydrogen-bond acceptors (Lipinski definition) is 5. The van der Waals surface area contributed by atoms with E-state index in [2.05, 4.69) is 27.7 Å². The Morgan fingerprint density at radius 3 is 2.48 bits per heavy atom. The first-order valence-corrected chi connectivity index (χ1v) is 8.03. The maximum absolute atomic E-state index is 12.9. The molecule has 3 rings (SSSR count). The van der Waals surface area contributed by atoms with Gasteiger partial charge in [0.15, 0.2) is 5.82 Å². The van der Waals surface area contributed by atoms with E-state index in [0.29, 0.717) is 19.0 Å². The van der Waals surface area contributed by atoms with Crippen molar-refractivity contribution < 1.29 is 9.13 Å². The Morgan fingerprint density at radius 2 is 1.84 bits per heavy atom. The molecule has 0 fully saturated rings. The topological polar surface area (TPSA) is 64.9 Å². The molecule has 0 saturated heterocycles. The van der Waals surface area contributed by atoms with E-state index in [4.69, 9.17) is 4.74 Å². The zero-order valence-corrected chi connectivity index (χ0v) is 14.2. The van der Waals surface area contributed by atoms with Crippen LogP contribution in [-0.4, -0.2) is 20.2 Å². The smallest absolute Gasteiger partial charge is 0.188 e. The second-order valence-corrected chi connectivity index (χ2v) is 5.78. The summed E-state index contributed by atoms with van der Waals surface area (Å²) in [6, 6.07) is 14.3. The lowest BCUT2D eigenvalue weighted by Gasteiger charge is -2.14. The molecule has 0 amide bonds. The van der Waals surface area contributed by atoms with Gasteiger partial charge in [0.2, 0.25) is 0 Å². The summed E-state index contributed by atoms with van der Waals surface area (Å²) >= 11 is 0. The Balaban J connectivity index is 1.51. The monoisotopic (exact) mass is 341 g/mol. The first kappa shape index (κ1) is 17.0. The molecule has 0 aliphatic rings. The average Bonchev–Trinajstić information content (AvgIpc) is 3.05. The second kappa shape index (κ2) is 7.85. The highest BCUT2D eigenvalue weighted by Gasteiger charge is 2.07. The first-order valence-electron chi connectivity index (χ1n) is 8.03. The second-order valence-electron chi connectivity index (χ2n) is 5.78. The van der Waals surface area contributed by atoms with Crippen LogP contribution in [0.25, 0.3) is 0 Å². The lowest BCUT2D eigenvalue weighted by atomic mass is 10.1. The predicted octanol–water partition coefficient (Wildman–Crippen LogP) is 2.78. The van der Waals surface area contributed by atoms with Crippen molar-refractivity contribution in [3.8, 4) is 5.75 Å². The quantitative estimate of drug-likeness (QED) is 0.716. The predicted molar refractivity (Wildman–Crippen MR) is 91.2 cm³/mol. The largest absolute Gasteiger partial charge is 0.489 e. The Hall–Kier alpha value is -2.80. The van der Waals surface area contributed by atoms with Gasteiger partial charge < -0.3 is 10.1 Å². The number of rotatable bonds is 7. The standard InChI is InChI=1S/C18H20FN5O/c1-13(20-11-18-21-23-24(2)22-18)15-5-9-17(10-6-15)25-12-14-3-7-16(19)8-4-14/h3-10,13,20H,11-12H2,1-2H3/t13-/m1/s1. The van der Waals surface area contributed by atoms with Gasteiger partial charge in [-0.25, -0.2) is 4.39 Å². The van der Waals surface area contributed by atoms with Crippen LogP contribution in [0.5, 0.6) is 5.75 Å². The van der Waals surface area contributed by atoms with Crippen molar-refractivity contribution in [3.05, 3.63) is 71.3 Å². The number of nitrogens with one attached hydrogen (secondary N) is 1. The number of aromatic nitrogens is 4. The fraction of sp³-hybridized carbons (Fsp3) is 0.278. The summed E-state index contributed by atoms with van der Waals surface area (Å²) in [6.45, 7) is 3.04. The van der Waals surface area contributed by atoms with Crippen LogP contribution < -0.4 is 10.1 Å². The Kier molecular flexibility index (Phi) is 5.35. The molecule has 0 saturated carbocycles. The van der Waals surface area contributed by atoms with Crippen LogP contribution in [0.4, 0.5) is 4.39 Å². The molecule has 1 aromatic heterocycles. The van der Waals surface area contributed by atoms with Crippen LogP contribution in [-0.2, 0) is 20.2 Å². The third kappa shape index (κ3) is 4.84. The number of ether oxygens (including phenoxy) is 1. The van der Waals surface area contributed by atoms with Crippen molar-refractivity contribution >= 4 is 0 Å². The van der Waals surface area contributed by atoms with Crippen molar-refractivity contribution in [3.63, 3.8) is 0 Å². The fourth-order valence-electron chi connectivity index (χ4n) is 2.36. The normalized spacial score (nSPS) is 12.1. The molecular formula is C18H20FN5O. The minimum atomic E-state index is -0.244. The lowest BCUT2D eigenvalue weighted by molar-refractivity contribution is 0.306. The number of benzene rings is 2. The minimum Gasteiger partial charge on any atom is -0.489 e. The van der Waals surface area contributed by atoms with Crippen molar-refractivity contribution in [2.45, 2.75) is 26.1 Å². The van der Waals surface area contributed by atoms with Crippen LogP contribution in [0.1, 0.15) is 29.9 Å². The van der Waals surface area contributed by atoms with E-state index in [1.54, 1.807) is 19.2 Å². The molecule has 0 unspecified atom stereocenters. The van der Waals surface area contributed by atoms with Gasteiger partial charge in [-0.1, -0.05) is 24.3 Å². The number of tetrazole rings is 1. The van der Waals surface area contributed by atoms with Crippen molar-refractivity contribution in [2.75, 3.05) is 0 Å². The molecule has 1 heterocycles. The van der Waals surface area contributed by atoms with Gasteiger partial charge in [-0.15, -0.1) is 10.2 Å². The molecular weight excluding hydrogens is 321 g/mol. The van der Waals surface area contributed by atoms with Gasteiger partial charge in [-0.2, -0.15) is 4.80 Å². The van der Waals surface area contributed by atoms with E-state index >= 15 is 0 Å². The number of hydrogen-bond donors (Lipinski definition) is 1.